The molecule has 2 aromatic rings. The number of ether oxygens (including phenoxy) is 1. The normalized spacial score (nSPS) is 17.8. The lowest BCUT2D eigenvalue weighted by Gasteiger charge is -2.31. The largest absolute Gasteiger partial charge is 0.379 e. The van der Waals surface area contributed by atoms with Crippen LogP contribution in [0.1, 0.15) is 18.1 Å². The predicted molar refractivity (Wildman–Crippen MR) is 97.5 cm³/mol. The molecule has 26 heavy (non-hydrogen) atoms. The molecule has 1 aliphatic rings. The first-order valence-corrected chi connectivity index (χ1v) is 8.61. The first kappa shape index (κ1) is 18.3. The van der Waals surface area contributed by atoms with Gasteiger partial charge in [-0.2, -0.15) is 0 Å². The summed E-state index contributed by atoms with van der Waals surface area (Å²) in [6.45, 7) is 5.96. The van der Waals surface area contributed by atoms with Gasteiger partial charge in [-0.1, -0.05) is 24.3 Å². The van der Waals surface area contributed by atoms with Gasteiger partial charge in [-0.3, -0.25) is 15.0 Å². The number of non-ortho nitro benzene ring substituents is 1. The van der Waals surface area contributed by atoms with Crippen molar-refractivity contribution in [2.75, 3.05) is 25.0 Å². The van der Waals surface area contributed by atoms with Gasteiger partial charge in [-0.05, 0) is 24.1 Å². The molecule has 0 aromatic heterocycles. The van der Waals surface area contributed by atoms with Crippen molar-refractivity contribution in [2.24, 2.45) is 0 Å². The zero-order valence-corrected chi connectivity index (χ0v) is 14.7. The maximum absolute atomic E-state index is 14.0. The highest BCUT2D eigenvalue weighted by molar-refractivity contribution is 5.50. The SMILES string of the molecule is CC1CN(Cc2cccc(CNc3ccc([N+](=O)[O-])cc3F)c2)CCO1. The molecule has 0 aliphatic carbocycles. The van der Waals surface area contributed by atoms with Crippen LogP contribution in [-0.4, -0.2) is 35.6 Å². The lowest BCUT2D eigenvalue weighted by molar-refractivity contribution is -0.385. The molecule has 1 fully saturated rings. The van der Waals surface area contributed by atoms with E-state index in [9.17, 15) is 14.5 Å². The third-order valence-electron chi connectivity index (χ3n) is 4.37. The third kappa shape index (κ3) is 4.77. The Bertz CT molecular complexity index is 784. The lowest BCUT2D eigenvalue weighted by atomic mass is 10.1. The van der Waals surface area contributed by atoms with E-state index in [0.29, 0.717) is 6.54 Å². The average Bonchev–Trinajstić information content (AvgIpc) is 2.61. The van der Waals surface area contributed by atoms with Crippen molar-refractivity contribution in [2.45, 2.75) is 26.1 Å². The molecule has 1 aliphatic heterocycles. The summed E-state index contributed by atoms with van der Waals surface area (Å²) in [5.41, 5.74) is 2.22. The highest BCUT2D eigenvalue weighted by Crippen LogP contribution is 2.21. The molecule has 1 atom stereocenters. The smallest absolute Gasteiger partial charge is 0.272 e. The number of halogens is 1. The van der Waals surface area contributed by atoms with Crippen molar-refractivity contribution in [1.82, 2.24) is 4.90 Å². The fourth-order valence-corrected chi connectivity index (χ4v) is 3.09. The Morgan fingerprint density at radius 3 is 2.85 bits per heavy atom. The van der Waals surface area contributed by atoms with Crippen LogP contribution in [0.15, 0.2) is 42.5 Å². The van der Waals surface area contributed by atoms with Crippen LogP contribution in [-0.2, 0) is 17.8 Å². The predicted octanol–water partition coefficient (Wildman–Crippen LogP) is 3.57. The molecule has 0 bridgehead atoms. The molecule has 1 heterocycles. The summed E-state index contributed by atoms with van der Waals surface area (Å²) in [5.74, 6) is -0.627. The molecule has 1 unspecified atom stereocenters. The van der Waals surface area contributed by atoms with Crippen molar-refractivity contribution < 1.29 is 14.1 Å². The molecule has 0 radical (unpaired) electrons. The molecular weight excluding hydrogens is 337 g/mol. The van der Waals surface area contributed by atoms with Gasteiger partial charge in [-0.15, -0.1) is 0 Å². The first-order chi connectivity index (χ1) is 12.5. The van der Waals surface area contributed by atoms with E-state index in [0.717, 1.165) is 37.9 Å². The second-order valence-corrected chi connectivity index (χ2v) is 6.51. The van der Waals surface area contributed by atoms with Crippen molar-refractivity contribution in [3.05, 3.63) is 69.5 Å². The fourth-order valence-electron chi connectivity index (χ4n) is 3.09. The monoisotopic (exact) mass is 359 g/mol. The third-order valence-corrected chi connectivity index (χ3v) is 4.37. The van der Waals surface area contributed by atoms with Crippen molar-refractivity contribution in [1.29, 1.82) is 0 Å². The standard InChI is InChI=1S/C19H22FN3O3/c1-14-12-22(7-8-26-14)13-16-4-2-3-15(9-16)11-21-19-6-5-17(23(24)25)10-18(19)20/h2-6,9-10,14,21H,7-8,11-13H2,1H3. The van der Waals surface area contributed by atoms with Crippen LogP contribution in [0.5, 0.6) is 0 Å². The van der Waals surface area contributed by atoms with Crippen molar-refractivity contribution in [3.8, 4) is 0 Å². The molecule has 1 saturated heterocycles. The molecule has 0 spiro atoms. The number of nitro benzene ring substituents is 1. The number of hydrogen-bond donors (Lipinski definition) is 1. The first-order valence-electron chi connectivity index (χ1n) is 8.61. The van der Waals surface area contributed by atoms with Crippen LogP contribution in [0, 0.1) is 15.9 Å². The summed E-state index contributed by atoms with van der Waals surface area (Å²) in [5, 5.41) is 13.7. The Labute approximate surface area is 151 Å². The Balaban J connectivity index is 1.61. The summed E-state index contributed by atoms with van der Waals surface area (Å²) in [7, 11) is 0. The van der Waals surface area contributed by atoms with E-state index in [4.69, 9.17) is 4.74 Å². The van der Waals surface area contributed by atoms with Crippen LogP contribution in [0.2, 0.25) is 0 Å². The van der Waals surface area contributed by atoms with Gasteiger partial charge in [-0.25, -0.2) is 4.39 Å². The summed E-state index contributed by atoms with van der Waals surface area (Å²) in [4.78, 5) is 12.4. The molecule has 7 heteroatoms. The van der Waals surface area contributed by atoms with Gasteiger partial charge in [0.05, 0.1) is 29.4 Å². The van der Waals surface area contributed by atoms with Crippen molar-refractivity contribution >= 4 is 11.4 Å². The van der Waals surface area contributed by atoms with Gasteiger partial charge in [0.25, 0.3) is 5.69 Å². The minimum absolute atomic E-state index is 0.249. The average molecular weight is 359 g/mol. The van der Waals surface area contributed by atoms with E-state index in [1.54, 1.807) is 0 Å². The number of nitrogens with one attached hydrogen (secondary N) is 1. The zero-order chi connectivity index (χ0) is 18.5. The van der Waals surface area contributed by atoms with Crippen LogP contribution in [0.3, 0.4) is 0 Å². The Morgan fingerprint density at radius 2 is 2.12 bits per heavy atom. The molecule has 3 rings (SSSR count). The molecule has 0 saturated carbocycles. The van der Waals surface area contributed by atoms with E-state index < -0.39 is 10.7 Å². The van der Waals surface area contributed by atoms with Crippen LogP contribution < -0.4 is 5.32 Å². The Morgan fingerprint density at radius 1 is 1.31 bits per heavy atom. The van der Waals surface area contributed by atoms with Gasteiger partial charge in [0.15, 0.2) is 5.82 Å². The minimum Gasteiger partial charge on any atom is -0.379 e. The number of rotatable bonds is 6. The maximum atomic E-state index is 14.0. The quantitative estimate of drug-likeness (QED) is 0.631. The zero-order valence-electron chi connectivity index (χ0n) is 14.7. The fraction of sp³-hybridized carbons (Fsp3) is 0.368. The van der Waals surface area contributed by atoms with E-state index in [2.05, 4.69) is 29.3 Å². The lowest BCUT2D eigenvalue weighted by Crippen LogP contribution is -2.40. The number of morpholine rings is 1. The van der Waals surface area contributed by atoms with Crippen LogP contribution in [0.4, 0.5) is 15.8 Å². The molecule has 138 valence electrons. The highest BCUT2D eigenvalue weighted by Gasteiger charge is 2.16. The van der Waals surface area contributed by atoms with Crippen LogP contribution in [0.25, 0.3) is 0 Å². The van der Waals surface area contributed by atoms with E-state index >= 15 is 0 Å². The number of nitro groups is 1. The second-order valence-electron chi connectivity index (χ2n) is 6.51. The highest BCUT2D eigenvalue weighted by atomic mass is 19.1. The van der Waals surface area contributed by atoms with Gasteiger partial charge < -0.3 is 10.1 Å². The van der Waals surface area contributed by atoms with Gasteiger partial charge in [0.1, 0.15) is 0 Å². The van der Waals surface area contributed by atoms with Crippen molar-refractivity contribution in [3.63, 3.8) is 0 Å². The summed E-state index contributed by atoms with van der Waals surface area (Å²) in [6, 6.07) is 11.8. The number of hydrogen-bond acceptors (Lipinski definition) is 5. The number of benzene rings is 2. The van der Waals surface area contributed by atoms with Gasteiger partial charge >= 0.3 is 0 Å². The Hall–Kier alpha value is -2.51. The van der Waals surface area contributed by atoms with Gasteiger partial charge in [0, 0.05) is 32.2 Å². The van der Waals surface area contributed by atoms with Crippen LogP contribution >= 0.6 is 0 Å². The molecule has 6 nitrogen and oxygen atoms in total. The number of anilines is 1. The molecular formula is C19H22FN3O3. The minimum atomic E-state index is -0.627. The summed E-state index contributed by atoms with van der Waals surface area (Å²) >= 11 is 0. The maximum Gasteiger partial charge on any atom is 0.272 e. The van der Waals surface area contributed by atoms with E-state index in [-0.39, 0.29) is 17.5 Å². The number of nitrogens with zero attached hydrogens (tertiary/aromatic N) is 2. The topological polar surface area (TPSA) is 67.6 Å². The van der Waals surface area contributed by atoms with Gasteiger partial charge in [0.2, 0.25) is 0 Å². The Kier molecular flexibility index (Phi) is 5.80. The van der Waals surface area contributed by atoms with E-state index in [1.165, 1.54) is 17.7 Å². The molecule has 2 aromatic carbocycles. The summed E-state index contributed by atoms with van der Waals surface area (Å²) in [6.07, 6.45) is 0.249. The second kappa shape index (κ2) is 8.25. The summed E-state index contributed by atoms with van der Waals surface area (Å²) < 4.78 is 19.5. The van der Waals surface area contributed by atoms with E-state index in [1.807, 2.05) is 12.1 Å². The molecule has 0 amide bonds. The molecule has 1 N–H and O–H groups in total.